The number of halogens is 1. The Kier molecular flexibility index (Phi) is 7.15. The standard InChI is InChI=1S/C23H26BrN3O3/c1-4-13-30-21-15-19(26(5-2)6-3)10-7-16(21)14-20-22(28)25-27(23(20)29)18-11-8-17(24)9-12-18/h7-12,14-15H,4-6,13H2,1-3H3,(H,25,28)/b20-14-. The number of rotatable bonds is 8. The molecule has 1 aliphatic rings. The van der Waals surface area contributed by atoms with Crippen LogP contribution in [-0.2, 0) is 9.59 Å². The van der Waals surface area contributed by atoms with E-state index in [4.69, 9.17) is 4.74 Å². The molecule has 1 heterocycles. The summed E-state index contributed by atoms with van der Waals surface area (Å²) in [7, 11) is 0. The Morgan fingerprint density at radius 2 is 1.77 bits per heavy atom. The van der Waals surface area contributed by atoms with Crippen molar-refractivity contribution in [2.75, 3.05) is 29.6 Å². The quantitative estimate of drug-likeness (QED) is 0.453. The third kappa shape index (κ3) is 4.67. The molecular weight excluding hydrogens is 446 g/mol. The van der Waals surface area contributed by atoms with Crippen molar-refractivity contribution in [1.29, 1.82) is 0 Å². The number of hydrogen-bond acceptors (Lipinski definition) is 4. The number of anilines is 2. The molecule has 2 amide bonds. The minimum Gasteiger partial charge on any atom is -0.493 e. The fourth-order valence-electron chi connectivity index (χ4n) is 3.25. The molecule has 2 aromatic carbocycles. The Morgan fingerprint density at radius 3 is 2.40 bits per heavy atom. The second-order valence-corrected chi connectivity index (χ2v) is 7.77. The predicted molar refractivity (Wildman–Crippen MR) is 124 cm³/mol. The zero-order chi connectivity index (χ0) is 21.7. The van der Waals surface area contributed by atoms with Gasteiger partial charge in [-0.25, -0.2) is 5.01 Å². The van der Waals surface area contributed by atoms with Crippen LogP contribution < -0.4 is 20.1 Å². The van der Waals surface area contributed by atoms with E-state index in [2.05, 4.69) is 40.1 Å². The lowest BCUT2D eigenvalue weighted by Crippen LogP contribution is -2.35. The number of carbonyl (C=O) groups is 2. The molecule has 0 bridgehead atoms. The predicted octanol–water partition coefficient (Wildman–Crippen LogP) is 4.55. The molecule has 0 spiro atoms. The topological polar surface area (TPSA) is 61.9 Å². The second kappa shape index (κ2) is 9.80. The molecule has 1 N–H and O–H groups in total. The first kappa shape index (κ1) is 21.9. The number of amides is 2. The highest BCUT2D eigenvalue weighted by Crippen LogP contribution is 2.30. The highest BCUT2D eigenvalue weighted by atomic mass is 79.9. The van der Waals surface area contributed by atoms with E-state index in [1.807, 2.05) is 37.3 Å². The van der Waals surface area contributed by atoms with Crippen LogP contribution in [0.4, 0.5) is 11.4 Å². The monoisotopic (exact) mass is 471 g/mol. The van der Waals surface area contributed by atoms with Crippen LogP contribution in [0.2, 0.25) is 0 Å². The summed E-state index contributed by atoms with van der Waals surface area (Å²) in [6, 6.07) is 13.0. The fraction of sp³-hybridized carbons (Fsp3) is 0.304. The van der Waals surface area contributed by atoms with Gasteiger partial charge in [-0.15, -0.1) is 0 Å². The highest BCUT2D eigenvalue weighted by Gasteiger charge is 2.34. The van der Waals surface area contributed by atoms with Gasteiger partial charge in [-0.2, -0.15) is 0 Å². The largest absolute Gasteiger partial charge is 0.493 e. The van der Waals surface area contributed by atoms with E-state index < -0.39 is 11.8 Å². The maximum absolute atomic E-state index is 12.9. The Morgan fingerprint density at radius 1 is 1.07 bits per heavy atom. The summed E-state index contributed by atoms with van der Waals surface area (Å²) in [5.41, 5.74) is 5.06. The van der Waals surface area contributed by atoms with Gasteiger partial charge in [-0.3, -0.25) is 15.0 Å². The minimum absolute atomic E-state index is 0.0786. The van der Waals surface area contributed by atoms with Gasteiger partial charge in [-0.1, -0.05) is 22.9 Å². The van der Waals surface area contributed by atoms with Gasteiger partial charge in [0, 0.05) is 34.9 Å². The Labute approximate surface area is 185 Å². The SMILES string of the molecule is CCCOc1cc(N(CC)CC)ccc1/C=C1/C(=O)NN(c2ccc(Br)cc2)C1=O. The Bertz CT molecular complexity index is 953. The summed E-state index contributed by atoms with van der Waals surface area (Å²) in [5.74, 6) is -0.162. The minimum atomic E-state index is -0.433. The lowest BCUT2D eigenvalue weighted by atomic mass is 10.1. The molecule has 3 rings (SSSR count). The molecule has 0 unspecified atom stereocenters. The van der Waals surface area contributed by atoms with E-state index in [-0.39, 0.29) is 5.57 Å². The molecule has 158 valence electrons. The normalized spacial score (nSPS) is 14.9. The van der Waals surface area contributed by atoms with Crippen molar-refractivity contribution in [3.05, 3.63) is 58.1 Å². The molecule has 0 aliphatic carbocycles. The summed E-state index contributed by atoms with van der Waals surface area (Å²) >= 11 is 3.37. The molecule has 1 aliphatic heterocycles. The molecule has 0 saturated carbocycles. The van der Waals surface area contributed by atoms with E-state index >= 15 is 0 Å². The number of nitrogens with one attached hydrogen (secondary N) is 1. The zero-order valence-corrected chi connectivity index (χ0v) is 19.0. The van der Waals surface area contributed by atoms with Gasteiger partial charge < -0.3 is 9.64 Å². The Balaban J connectivity index is 1.95. The van der Waals surface area contributed by atoms with Gasteiger partial charge in [0.2, 0.25) is 0 Å². The molecule has 0 radical (unpaired) electrons. The van der Waals surface area contributed by atoms with Crippen LogP contribution >= 0.6 is 15.9 Å². The fourth-order valence-corrected chi connectivity index (χ4v) is 3.51. The molecule has 2 aromatic rings. The summed E-state index contributed by atoms with van der Waals surface area (Å²) in [5, 5.41) is 1.26. The van der Waals surface area contributed by atoms with Crippen LogP contribution in [0.3, 0.4) is 0 Å². The molecule has 7 heteroatoms. The maximum Gasteiger partial charge on any atom is 0.282 e. The summed E-state index contributed by atoms with van der Waals surface area (Å²) in [4.78, 5) is 27.7. The average molecular weight is 472 g/mol. The number of nitrogens with zero attached hydrogens (tertiary/aromatic N) is 2. The first-order valence-corrected chi connectivity index (χ1v) is 10.9. The number of hydrazine groups is 1. The highest BCUT2D eigenvalue weighted by molar-refractivity contribution is 9.10. The summed E-state index contributed by atoms with van der Waals surface area (Å²) < 4.78 is 6.83. The van der Waals surface area contributed by atoms with Crippen LogP contribution in [0, 0.1) is 0 Å². The molecule has 0 atom stereocenters. The van der Waals surface area contributed by atoms with Crippen molar-refractivity contribution >= 4 is 45.2 Å². The molecule has 0 aromatic heterocycles. The van der Waals surface area contributed by atoms with Crippen molar-refractivity contribution in [3.63, 3.8) is 0 Å². The van der Waals surface area contributed by atoms with Crippen LogP contribution in [0.5, 0.6) is 5.75 Å². The van der Waals surface area contributed by atoms with E-state index in [1.165, 1.54) is 5.01 Å². The number of hydrogen-bond donors (Lipinski definition) is 1. The lowest BCUT2D eigenvalue weighted by molar-refractivity contribution is -0.117. The van der Waals surface area contributed by atoms with Crippen LogP contribution in [0.1, 0.15) is 32.8 Å². The smallest absolute Gasteiger partial charge is 0.282 e. The van der Waals surface area contributed by atoms with Gasteiger partial charge in [-0.05, 0) is 62.7 Å². The molecule has 1 fully saturated rings. The van der Waals surface area contributed by atoms with E-state index in [0.29, 0.717) is 23.6 Å². The molecule has 30 heavy (non-hydrogen) atoms. The number of benzene rings is 2. The lowest BCUT2D eigenvalue weighted by Gasteiger charge is -2.22. The third-order valence-electron chi connectivity index (χ3n) is 4.86. The maximum atomic E-state index is 12.9. The van der Waals surface area contributed by atoms with Gasteiger partial charge in [0.1, 0.15) is 11.3 Å². The number of ether oxygens (including phenoxy) is 1. The summed E-state index contributed by atoms with van der Waals surface area (Å²) in [6.07, 6.45) is 2.47. The third-order valence-corrected chi connectivity index (χ3v) is 5.39. The zero-order valence-electron chi connectivity index (χ0n) is 17.4. The van der Waals surface area contributed by atoms with E-state index in [0.717, 1.165) is 29.7 Å². The second-order valence-electron chi connectivity index (χ2n) is 6.86. The van der Waals surface area contributed by atoms with Crippen LogP contribution in [0.25, 0.3) is 6.08 Å². The molecular formula is C23H26BrN3O3. The first-order chi connectivity index (χ1) is 14.5. The van der Waals surface area contributed by atoms with Crippen molar-refractivity contribution in [2.45, 2.75) is 27.2 Å². The number of carbonyl (C=O) groups excluding carboxylic acids is 2. The summed E-state index contributed by atoms with van der Waals surface area (Å²) in [6.45, 7) is 8.56. The first-order valence-electron chi connectivity index (χ1n) is 10.1. The van der Waals surface area contributed by atoms with Crippen LogP contribution in [-0.4, -0.2) is 31.5 Å². The van der Waals surface area contributed by atoms with Crippen molar-refractivity contribution in [3.8, 4) is 5.75 Å². The van der Waals surface area contributed by atoms with Gasteiger partial charge >= 0.3 is 0 Å². The van der Waals surface area contributed by atoms with Crippen molar-refractivity contribution < 1.29 is 14.3 Å². The van der Waals surface area contributed by atoms with Crippen molar-refractivity contribution in [1.82, 2.24) is 5.43 Å². The van der Waals surface area contributed by atoms with E-state index in [9.17, 15) is 9.59 Å². The Hall–Kier alpha value is -2.80. The van der Waals surface area contributed by atoms with E-state index in [1.54, 1.807) is 18.2 Å². The average Bonchev–Trinajstić information content (AvgIpc) is 3.03. The van der Waals surface area contributed by atoms with Crippen LogP contribution in [0.15, 0.2) is 52.5 Å². The van der Waals surface area contributed by atoms with Gasteiger partial charge in [0.05, 0.1) is 12.3 Å². The van der Waals surface area contributed by atoms with Gasteiger partial charge in [0.15, 0.2) is 0 Å². The van der Waals surface area contributed by atoms with Crippen molar-refractivity contribution in [2.24, 2.45) is 0 Å². The molecule has 6 nitrogen and oxygen atoms in total. The molecule has 1 saturated heterocycles. The van der Waals surface area contributed by atoms with Gasteiger partial charge in [0.25, 0.3) is 11.8 Å².